The molecule has 2 nitrogen and oxygen atoms in total. The van der Waals surface area contributed by atoms with E-state index in [2.05, 4.69) is 15.9 Å². The molecular weight excluding hydrogens is 251 g/mol. The number of ether oxygens (including phenoxy) is 1. The Morgan fingerprint density at radius 3 is 2.79 bits per heavy atom. The van der Waals surface area contributed by atoms with Crippen molar-refractivity contribution in [2.45, 2.75) is 12.8 Å². The largest absolute Gasteiger partial charge is 0.495 e. The molecule has 4 heteroatoms. The van der Waals surface area contributed by atoms with Crippen LogP contribution in [0.25, 0.3) is 0 Å². The summed E-state index contributed by atoms with van der Waals surface area (Å²) in [4.78, 5) is 0. The van der Waals surface area contributed by atoms with Crippen molar-refractivity contribution in [2.24, 2.45) is 0 Å². The van der Waals surface area contributed by atoms with E-state index >= 15 is 0 Å². The summed E-state index contributed by atoms with van der Waals surface area (Å²) < 4.78 is 18.5. The molecule has 0 aromatic heterocycles. The molecule has 0 bridgehead atoms. The molecule has 1 N–H and O–H groups in total. The Labute approximate surface area is 90.8 Å². The number of methoxy groups -OCH3 is 1. The minimum Gasteiger partial charge on any atom is -0.495 e. The maximum atomic E-state index is 13.1. The highest BCUT2D eigenvalue weighted by Crippen LogP contribution is 2.32. The van der Waals surface area contributed by atoms with E-state index in [9.17, 15) is 4.39 Å². The number of halogens is 2. The first kappa shape index (κ1) is 11.5. The summed E-state index contributed by atoms with van der Waals surface area (Å²) in [5.74, 6) is 0.174. The van der Waals surface area contributed by atoms with Crippen molar-refractivity contribution in [3.05, 3.63) is 28.0 Å². The highest BCUT2D eigenvalue weighted by Gasteiger charge is 2.11. The van der Waals surface area contributed by atoms with Crippen LogP contribution in [0.3, 0.4) is 0 Å². The fourth-order valence-electron chi connectivity index (χ4n) is 1.26. The van der Waals surface area contributed by atoms with Gasteiger partial charge in [-0.05, 0) is 40.4 Å². The highest BCUT2D eigenvalue weighted by molar-refractivity contribution is 9.10. The molecule has 0 aliphatic rings. The van der Waals surface area contributed by atoms with Crippen molar-refractivity contribution < 1.29 is 14.2 Å². The quantitative estimate of drug-likeness (QED) is 0.904. The molecular formula is C10H12BrFO2. The third-order valence-corrected chi connectivity index (χ3v) is 2.68. The fourth-order valence-corrected chi connectivity index (χ4v) is 1.81. The SMILES string of the molecule is COc1c(CCCO)ccc(F)c1Br. The van der Waals surface area contributed by atoms with Crippen LogP contribution in [0.2, 0.25) is 0 Å². The Morgan fingerprint density at radius 1 is 1.50 bits per heavy atom. The van der Waals surface area contributed by atoms with Gasteiger partial charge in [0.1, 0.15) is 11.6 Å². The number of benzene rings is 1. The van der Waals surface area contributed by atoms with Crippen molar-refractivity contribution in [1.29, 1.82) is 0 Å². The van der Waals surface area contributed by atoms with Crippen LogP contribution in [0.1, 0.15) is 12.0 Å². The van der Waals surface area contributed by atoms with Gasteiger partial charge >= 0.3 is 0 Å². The Kier molecular flexibility index (Phi) is 4.35. The normalized spacial score (nSPS) is 10.3. The number of aliphatic hydroxyl groups excluding tert-OH is 1. The number of aliphatic hydroxyl groups is 1. The smallest absolute Gasteiger partial charge is 0.141 e. The number of aryl methyl sites for hydroxylation is 1. The summed E-state index contributed by atoms with van der Waals surface area (Å²) in [5.41, 5.74) is 0.898. The maximum Gasteiger partial charge on any atom is 0.141 e. The summed E-state index contributed by atoms with van der Waals surface area (Å²) in [5, 5.41) is 8.69. The first-order valence-corrected chi connectivity index (χ1v) is 5.11. The first-order valence-electron chi connectivity index (χ1n) is 4.32. The molecule has 0 aliphatic carbocycles. The molecule has 0 saturated heterocycles. The average molecular weight is 263 g/mol. The standard InChI is InChI=1S/C10H12BrFO2/c1-14-10-7(3-2-6-13)4-5-8(12)9(10)11/h4-5,13H,2-3,6H2,1H3. The van der Waals surface area contributed by atoms with E-state index in [1.165, 1.54) is 13.2 Å². The molecule has 1 rings (SSSR count). The zero-order valence-electron chi connectivity index (χ0n) is 7.89. The molecule has 0 spiro atoms. The van der Waals surface area contributed by atoms with E-state index in [-0.39, 0.29) is 12.4 Å². The molecule has 0 aliphatic heterocycles. The second-order valence-corrected chi connectivity index (χ2v) is 3.67. The van der Waals surface area contributed by atoms with Gasteiger partial charge in [0.25, 0.3) is 0 Å². The van der Waals surface area contributed by atoms with Gasteiger partial charge in [-0.3, -0.25) is 0 Å². The van der Waals surface area contributed by atoms with Gasteiger partial charge in [0, 0.05) is 6.61 Å². The monoisotopic (exact) mass is 262 g/mol. The summed E-state index contributed by atoms with van der Waals surface area (Å²) in [7, 11) is 1.50. The fraction of sp³-hybridized carbons (Fsp3) is 0.400. The number of hydrogen-bond acceptors (Lipinski definition) is 2. The summed E-state index contributed by atoms with van der Waals surface area (Å²) in [6.07, 6.45) is 1.33. The van der Waals surface area contributed by atoms with E-state index in [1.807, 2.05) is 0 Å². The Bertz CT molecular complexity index is 315. The predicted molar refractivity (Wildman–Crippen MR) is 56.1 cm³/mol. The zero-order chi connectivity index (χ0) is 10.6. The molecule has 0 unspecified atom stereocenters. The van der Waals surface area contributed by atoms with Crippen molar-refractivity contribution in [2.75, 3.05) is 13.7 Å². The number of hydrogen-bond donors (Lipinski definition) is 1. The van der Waals surface area contributed by atoms with E-state index in [0.29, 0.717) is 23.1 Å². The molecule has 0 saturated carbocycles. The van der Waals surface area contributed by atoms with E-state index < -0.39 is 0 Å². The van der Waals surface area contributed by atoms with Crippen LogP contribution < -0.4 is 4.74 Å². The number of rotatable bonds is 4. The van der Waals surface area contributed by atoms with Crippen LogP contribution in [0, 0.1) is 5.82 Å². The molecule has 1 aromatic carbocycles. The molecule has 0 atom stereocenters. The van der Waals surface area contributed by atoms with E-state index in [4.69, 9.17) is 9.84 Å². The third-order valence-electron chi connectivity index (χ3n) is 1.94. The Balaban J connectivity index is 2.98. The lowest BCUT2D eigenvalue weighted by Gasteiger charge is -2.10. The topological polar surface area (TPSA) is 29.5 Å². The van der Waals surface area contributed by atoms with Gasteiger partial charge < -0.3 is 9.84 Å². The maximum absolute atomic E-state index is 13.1. The Hall–Kier alpha value is -0.610. The first-order chi connectivity index (χ1) is 6.70. The average Bonchev–Trinajstić information content (AvgIpc) is 2.20. The summed E-state index contributed by atoms with van der Waals surface area (Å²) >= 11 is 3.12. The third kappa shape index (κ3) is 2.45. The highest BCUT2D eigenvalue weighted by atomic mass is 79.9. The van der Waals surface area contributed by atoms with Gasteiger partial charge in [-0.2, -0.15) is 0 Å². The molecule has 0 radical (unpaired) electrons. The molecule has 0 amide bonds. The van der Waals surface area contributed by atoms with Crippen LogP contribution in [-0.2, 0) is 6.42 Å². The van der Waals surface area contributed by atoms with Crippen LogP contribution >= 0.6 is 15.9 Å². The van der Waals surface area contributed by atoms with E-state index in [0.717, 1.165) is 5.56 Å². The Morgan fingerprint density at radius 2 is 2.21 bits per heavy atom. The molecule has 1 aromatic rings. The predicted octanol–water partition coefficient (Wildman–Crippen LogP) is 2.52. The lowest BCUT2D eigenvalue weighted by Crippen LogP contribution is -1.97. The second kappa shape index (κ2) is 5.32. The van der Waals surface area contributed by atoms with Gasteiger partial charge in [0.15, 0.2) is 0 Å². The van der Waals surface area contributed by atoms with Crippen molar-refractivity contribution in [1.82, 2.24) is 0 Å². The van der Waals surface area contributed by atoms with Crippen LogP contribution in [0.15, 0.2) is 16.6 Å². The second-order valence-electron chi connectivity index (χ2n) is 2.88. The minimum absolute atomic E-state index is 0.123. The summed E-state index contributed by atoms with van der Waals surface area (Å²) in [6, 6.07) is 3.06. The lowest BCUT2D eigenvalue weighted by atomic mass is 10.1. The van der Waals surface area contributed by atoms with Gasteiger partial charge in [-0.15, -0.1) is 0 Å². The van der Waals surface area contributed by atoms with Crippen molar-refractivity contribution >= 4 is 15.9 Å². The minimum atomic E-state index is -0.338. The van der Waals surface area contributed by atoms with Gasteiger partial charge in [-0.1, -0.05) is 6.07 Å². The van der Waals surface area contributed by atoms with Gasteiger partial charge in [0.2, 0.25) is 0 Å². The van der Waals surface area contributed by atoms with Crippen LogP contribution in [0.5, 0.6) is 5.75 Å². The van der Waals surface area contributed by atoms with Gasteiger partial charge in [0.05, 0.1) is 11.6 Å². The zero-order valence-corrected chi connectivity index (χ0v) is 9.47. The lowest BCUT2D eigenvalue weighted by molar-refractivity contribution is 0.287. The molecule has 14 heavy (non-hydrogen) atoms. The van der Waals surface area contributed by atoms with Gasteiger partial charge in [-0.25, -0.2) is 4.39 Å². The van der Waals surface area contributed by atoms with Crippen molar-refractivity contribution in [3.8, 4) is 5.75 Å². The van der Waals surface area contributed by atoms with E-state index in [1.54, 1.807) is 6.07 Å². The van der Waals surface area contributed by atoms with Crippen LogP contribution in [0.4, 0.5) is 4.39 Å². The van der Waals surface area contributed by atoms with Crippen molar-refractivity contribution in [3.63, 3.8) is 0 Å². The summed E-state index contributed by atoms with van der Waals surface area (Å²) in [6.45, 7) is 0.123. The molecule has 0 heterocycles. The molecule has 78 valence electrons. The van der Waals surface area contributed by atoms with Crippen LogP contribution in [-0.4, -0.2) is 18.8 Å². The molecule has 0 fully saturated rings.